The first-order chi connectivity index (χ1) is 12.5. The van der Waals surface area contributed by atoms with Gasteiger partial charge in [0.1, 0.15) is 0 Å². The minimum absolute atomic E-state index is 0. The van der Waals surface area contributed by atoms with Gasteiger partial charge in [-0.25, -0.2) is 0 Å². The van der Waals surface area contributed by atoms with Crippen molar-refractivity contribution in [2.24, 2.45) is 0 Å². The predicted octanol–water partition coefficient (Wildman–Crippen LogP) is 5.46. The quantitative estimate of drug-likeness (QED) is 0.546. The van der Waals surface area contributed by atoms with Crippen LogP contribution in [0.2, 0.25) is 0 Å². The molecule has 163 valence electrons. The fourth-order valence-electron chi connectivity index (χ4n) is 4.02. The molecular weight excluding hydrogens is 435 g/mol. The number of benzene rings is 1. The van der Waals surface area contributed by atoms with Gasteiger partial charge >= 0.3 is 0 Å². The summed E-state index contributed by atoms with van der Waals surface area (Å²) in [6.45, 7) is 23.3. The third-order valence-electron chi connectivity index (χ3n) is 7.86. The van der Waals surface area contributed by atoms with Crippen LogP contribution in [-0.2, 0) is 37.5 Å². The number of likely N-dealkylation sites (N-methyl/N-ethyl adjacent to an activating group) is 3. The van der Waals surface area contributed by atoms with E-state index in [4.69, 9.17) is 0 Å². The van der Waals surface area contributed by atoms with Crippen LogP contribution in [0.15, 0.2) is 0 Å². The SMILES string of the molecule is C[N-]C(C)(C)C(C)(C)N(C)C(C)(C)C(=O)N(C)c1c(C)c(C)c(C)c(C)c1C.[Y]. The maximum atomic E-state index is 13.7. The summed E-state index contributed by atoms with van der Waals surface area (Å²) in [6, 6.07) is 0. The van der Waals surface area contributed by atoms with E-state index in [0.717, 1.165) is 5.69 Å². The summed E-state index contributed by atoms with van der Waals surface area (Å²) in [4.78, 5) is 17.8. The summed E-state index contributed by atoms with van der Waals surface area (Å²) >= 11 is 0. The minimum Gasteiger partial charge on any atom is -0.658 e. The van der Waals surface area contributed by atoms with E-state index >= 15 is 0 Å². The van der Waals surface area contributed by atoms with Crippen LogP contribution >= 0.6 is 0 Å². The number of carbonyl (C=O) groups is 1. The van der Waals surface area contributed by atoms with E-state index in [1.807, 2.05) is 39.9 Å². The van der Waals surface area contributed by atoms with Crippen LogP contribution in [0.25, 0.3) is 5.32 Å². The number of rotatable bonds is 6. The van der Waals surface area contributed by atoms with Crippen LogP contribution in [0.1, 0.15) is 69.4 Å². The first kappa shape index (κ1) is 28.7. The van der Waals surface area contributed by atoms with Crippen molar-refractivity contribution in [1.82, 2.24) is 4.90 Å². The zero-order valence-electron chi connectivity index (χ0n) is 21.3. The second-order valence-corrected chi connectivity index (χ2v) is 9.80. The molecule has 5 heteroatoms. The smallest absolute Gasteiger partial charge is 0.246 e. The fourth-order valence-corrected chi connectivity index (χ4v) is 4.02. The summed E-state index contributed by atoms with van der Waals surface area (Å²) < 4.78 is 0. The molecule has 4 nitrogen and oxygen atoms in total. The zero-order chi connectivity index (χ0) is 22.4. The number of carbonyl (C=O) groups excluding carboxylic acids is 1. The van der Waals surface area contributed by atoms with Crippen molar-refractivity contribution >= 4 is 11.6 Å². The predicted molar refractivity (Wildman–Crippen MR) is 123 cm³/mol. The summed E-state index contributed by atoms with van der Waals surface area (Å²) in [5.74, 6) is 0.0869. The molecule has 1 aromatic rings. The van der Waals surface area contributed by atoms with Crippen LogP contribution in [0.3, 0.4) is 0 Å². The van der Waals surface area contributed by atoms with E-state index in [9.17, 15) is 4.79 Å². The zero-order valence-corrected chi connectivity index (χ0v) is 24.2. The average Bonchev–Trinajstić information content (AvgIpc) is 2.62. The molecule has 0 fully saturated rings. The molecule has 0 unspecified atom stereocenters. The van der Waals surface area contributed by atoms with Gasteiger partial charge < -0.3 is 10.2 Å². The molecule has 1 radical (unpaired) electrons. The number of anilines is 1. The summed E-state index contributed by atoms with van der Waals surface area (Å²) in [6.07, 6.45) is 0. The van der Waals surface area contributed by atoms with Crippen LogP contribution < -0.4 is 4.90 Å². The molecular formula is C24H42N3OY-. The standard InChI is InChI=1S/C24H42N3O.Y/c1-15-16(2)18(4)20(19(5)17(15)3)26(13)21(28)22(6,7)27(14)24(10,11)23(8,9)25-12;/h1-14H3;/q-1;. The number of nitrogens with zero attached hydrogens (tertiary/aromatic N) is 3. The Morgan fingerprint density at radius 3 is 1.45 bits per heavy atom. The summed E-state index contributed by atoms with van der Waals surface area (Å²) in [7, 11) is 5.79. The molecule has 0 aliphatic heterocycles. The van der Waals surface area contributed by atoms with Crippen molar-refractivity contribution in [2.45, 2.75) is 92.8 Å². The Hall–Kier alpha value is -0.286. The Balaban J connectivity index is 0.00000784. The Morgan fingerprint density at radius 1 is 0.759 bits per heavy atom. The third-order valence-corrected chi connectivity index (χ3v) is 7.86. The first-order valence-electron chi connectivity index (χ1n) is 10.2. The molecule has 0 aliphatic rings. The van der Waals surface area contributed by atoms with Gasteiger partial charge in [0, 0.05) is 51.0 Å². The second kappa shape index (κ2) is 9.46. The Kier molecular flexibility index (Phi) is 9.37. The molecule has 0 bridgehead atoms. The summed E-state index contributed by atoms with van der Waals surface area (Å²) in [5, 5.41) is 4.58. The summed E-state index contributed by atoms with van der Waals surface area (Å²) in [5.41, 5.74) is 5.94. The molecule has 0 aromatic heterocycles. The molecule has 1 amide bonds. The topological polar surface area (TPSA) is 37.7 Å². The third kappa shape index (κ3) is 4.81. The molecule has 1 aromatic carbocycles. The monoisotopic (exact) mass is 477 g/mol. The van der Waals surface area contributed by atoms with Crippen molar-refractivity contribution in [1.29, 1.82) is 0 Å². The second-order valence-electron chi connectivity index (χ2n) is 9.80. The van der Waals surface area contributed by atoms with Gasteiger partial charge in [-0.3, -0.25) is 9.69 Å². The largest absolute Gasteiger partial charge is 0.658 e. The Morgan fingerprint density at radius 2 is 1.10 bits per heavy atom. The molecule has 29 heavy (non-hydrogen) atoms. The van der Waals surface area contributed by atoms with Gasteiger partial charge in [-0.2, -0.15) is 7.05 Å². The van der Waals surface area contributed by atoms with Gasteiger partial charge in [-0.1, -0.05) is 13.8 Å². The van der Waals surface area contributed by atoms with Crippen LogP contribution in [0, 0.1) is 34.6 Å². The van der Waals surface area contributed by atoms with Crippen molar-refractivity contribution in [3.63, 3.8) is 0 Å². The number of hydrogen-bond donors (Lipinski definition) is 0. The van der Waals surface area contributed by atoms with Crippen LogP contribution in [0.4, 0.5) is 5.69 Å². The van der Waals surface area contributed by atoms with E-state index in [0.29, 0.717) is 0 Å². The van der Waals surface area contributed by atoms with Crippen molar-refractivity contribution < 1.29 is 37.5 Å². The molecule has 0 atom stereocenters. The molecule has 0 heterocycles. The van der Waals surface area contributed by atoms with E-state index in [2.05, 4.69) is 72.5 Å². The molecule has 0 spiro atoms. The molecule has 0 N–H and O–H groups in total. The van der Waals surface area contributed by atoms with E-state index in [-0.39, 0.29) is 49.7 Å². The van der Waals surface area contributed by atoms with Crippen LogP contribution in [-0.4, -0.2) is 48.6 Å². The fraction of sp³-hybridized carbons (Fsp3) is 0.708. The first-order valence-corrected chi connectivity index (χ1v) is 10.2. The Bertz CT molecular complexity index is 737. The van der Waals surface area contributed by atoms with Gasteiger partial charge in [-0.05, 0) is 97.2 Å². The van der Waals surface area contributed by atoms with Gasteiger partial charge in [-0.15, -0.1) is 5.54 Å². The van der Waals surface area contributed by atoms with E-state index < -0.39 is 5.54 Å². The molecule has 0 saturated carbocycles. The van der Waals surface area contributed by atoms with Crippen molar-refractivity contribution in [2.75, 3.05) is 26.0 Å². The molecule has 0 saturated heterocycles. The Labute approximate surface area is 205 Å². The van der Waals surface area contributed by atoms with Gasteiger partial charge in [0.05, 0.1) is 5.54 Å². The maximum Gasteiger partial charge on any atom is 0.246 e. The van der Waals surface area contributed by atoms with Crippen molar-refractivity contribution in [3.05, 3.63) is 33.1 Å². The minimum atomic E-state index is -0.689. The maximum absolute atomic E-state index is 13.7. The number of hydrogen-bond acceptors (Lipinski definition) is 2. The van der Waals surface area contributed by atoms with Gasteiger partial charge in [0.15, 0.2) is 0 Å². The van der Waals surface area contributed by atoms with Gasteiger partial charge in [0.2, 0.25) is 5.91 Å². The van der Waals surface area contributed by atoms with E-state index in [1.54, 1.807) is 0 Å². The molecule has 0 aliphatic carbocycles. The van der Waals surface area contributed by atoms with Crippen LogP contribution in [0.5, 0.6) is 0 Å². The molecule has 1 rings (SSSR count). The van der Waals surface area contributed by atoms with Crippen molar-refractivity contribution in [3.8, 4) is 0 Å². The normalized spacial score (nSPS) is 12.8. The van der Waals surface area contributed by atoms with E-state index in [1.165, 1.54) is 27.8 Å². The average molecular weight is 478 g/mol. The number of amides is 1. The van der Waals surface area contributed by atoms with Gasteiger partial charge in [0.25, 0.3) is 0 Å².